The molecule has 0 radical (unpaired) electrons. The molecule has 144 valence electrons. The number of fused-ring (bicyclic) bond motifs is 1. The van der Waals surface area contributed by atoms with Crippen LogP contribution in [-0.4, -0.2) is 41.1 Å². The van der Waals surface area contributed by atoms with Gasteiger partial charge in [0.1, 0.15) is 17.6 Å². The monoisotopic (exact) mass is 377 g/mol. The van der Waals surface area contributed by atoms with Crippen LogP contribution in [0.15, 0.2) is 59.3 Å². The molecule has 28 heavy (non-hydrogen) atoms. The van der Waals surface area contributed by atoms with Gasteiger partial charge in [0.15, 0.2) is 5.82 Å². The van der Waals surface area contributed by atoms with Gasteiger partial charge in [0.05, 0.1) is 0 Å². The lowest BCUT2D eigenvalue weighted by atomic mass is 10.0. The summed E-state index contributed by atoms with van der Waals surface area (Å²) in [6.07, 6.45) is 1.80. The minimum Gasteiger partial charge on any atom is -0.360 e. The lowest BCUT2D eigenvalue weighted by Crippen LogP contribution is -2.39. The number of aromatic nitrogens is 2. The Hall–Kier alpha value is -3.19. The van der Waals surface area contributed by atoms with Gasteiger partial charge in [-0.2, -0.15) is 0 Å². The summed E-state index contributed by atoms with van der Waals surface area (Å²) in [6.45, 7) is 3.95. The van der Waals surface area contributed by atoms with Crippen molar-refractivity contribution >= 4 is 17.5 Å². The van der Waals surface area contributed by atoms with Crippen LogP contribution in [0.3, 0.4) is 0 Å². The molecule has 0 aliphatic carbocycles. The second-order valence-corrected chi connectivity index (χ2v) is 7.00. The topological polar surface area (TPSA) is 74.5 Å². The van der Waals surface area contributed by atoms with Crippen LogP contribution in [0.5, 0.6) is 0 Å². The van der Waals surface area contributed by atoms with Crippen molar-refractivity contribution in [3.8, 4) is 0 Å². The molecule has 1 aliphatic heterocycles. The van der Waals surface area contributed by atoms with E-state index in [4.69, 9.17) is 4.52 Å². The molecule has 7 nitrogen and oxygen atoms in total. The van der Waals surface area contributed by atoms with Crippen LogP contribution in [-0.2, 0) is 11.3 Å². The second kappa shape index (κ2) is 7.82. The highest BCUT2D eigenvalue weighted by atomic mass is 16.5. The van der Waals surface area contributed by atoms with Gasteiger partial charge in [0.25, 0.3) is 0 Å². The summed E-state index contributed by atoms with van der Waals surface area (Å²) in [5, 5.41) is 6.80. The average molecular weight is 377 g/mol. The summed E-state index contributed by atoms with van der Waals surface area (Å²) in [5.74, 6) is 1.92. The quantitative estimate of drug-likeness (QED) is 0.753. The number of amides is 1. The molecular weight excluding hydrogens is 354 g/mol. The maximum absolute atomic E-state index is 13.3. The van der Waals surface area contributed by atoms with E-state index in [9.17, 15) is 4.79 Å². The molecule has 0 fully saturated rings. The number of rotatable bonds is 4. The summed E-state index contributed by atoms with van der Waals surface area (Å²) in [5.41, 5.74) is 2.05. The molecule has 0 bridgehead atoms. The van der Waals surface area contributed by atoms with Crippen LogP contribution in [0.2, 0.25) is 0 Å². The second-order valence-electron chi connectivity index (χ2n) is 7.00. The number of hydrogen-bond donors (Lipinski definition) is 1. The molecule has 0 saturated heterocycles. The van der Waals surface area contributed by atoms with Gasteiger partial charge in [0.2, 0.25) is 5.91 Å². The molecule has 2 aromatic heterocycles. The smallest absolute Gasteiger partial charge is 0.247 e. The van der Waals surface area contributed by atoms with E-state index in [0.717, 1.165) is 30.0 Å². The predicted molar refractivity (Wildman–Crippen MR) is 107 cm³/mol. The van der Waals surface area contributed by atoms with E-state index < -0.39 is 6.04 Å². The minimum absolute atomic E-state index is 0.130. The molecule has 1 aliphatic rings. The lowest BCUT2D eigenvalue weighted by Gasteiger charge is -2.29. The largest absolute Gasteiger partial charge is 0.360 e. The Morgan fingerprint density at radius 2 is 2.00 bits per heavy atom. The fourth-order valence-electron chi connectivity index (χ4n) is 3.58. The highest BCUT2D eigenvalue weighted by Gasteiger charge is 2.31. The van der Waals surface area contributed by atoms with E-state index in [-0.39, 0.29) is 5.91 Å². The van der Waals surface area contributed by atoms with Crippen molar-refractivity contribution in [3.05, 3.63) is 71.6 Å². The van der Waals surface area contributed by atoms with Crippen LogP contribution >= 0.6 is 0 Å². The maximum atomic E-state index is 13.3. The Morgan fingerprint density at radius 3 is 2.75 bits per heavy atom. The van der Waals surface area contributed by atoms with E-state index in [1.165, 1.54) is 0 Å². The first-order chi connectivity index (χ1) is 13.6. The summed E-state index contributed by atoms with van der Waals surface area (Å²) in [4.78, 5) is 22.1. The highest BCUT2D eigenvalue weighted by Crippen LogP contribution is 2.29. The number of nitrogens with one attached hydrogen (secondary N) is 1. The maximum Gasteiger partial charge on any atom is 0.247 e. The normalized spacial score (nSPS) is 15.6. The first-order valence-corrected chi connectivity index (χ1v) is 9.30. The third-order valence-corrected chi connectivity index (χ3v) is 4.93. The zero-order valence-electron chi connectivity index (χ0n) is 16.0. The Morgan fingerprint density at radius 1 is 1.18 bits per heavy atom. The van der Waals surface area contributed by atoms with Crippen molar-refractivity contribution in [3.63, 3.8) is 0 Å². The van der Waals surface area contributed by atoms with E-state index >= 15 is 0 Å². The van der Waals surface area contributed by atoms with Gasteiger partial charge in [-0.25, -0.2) is 4.98 Å². The Balaban J connectivity index is 1.66. The molecule has 4 rings (SSSR count). The lowest BCUT2D eigenvalue weighted by molar-refractivity contribution is -0.121. The molecule has 1 N–H and O–H groups in total. The van der Waals surface area contributed by atoms with E-state index in [2.05, 4.69) is 31.3 Å². The van der Waals surface area contributed by atoms with E-state index in [1.54, 1.807) is 19.2 Å². The number of carbonyl (C=O) groups is 1. The van der Waals surface area contributed by atoms with Crippen molar-refractivity contribution < 1.29 is 9.32 Å². The molecule has 0 spiro atoms. The number of nitrogens with zero attached hydrogens (tertiary/aromatic N) is 4. The molecule has 3 heterocycles. The Kier molecular flexibility index (Phi) is 5.08. The molecular formula is C21H23N5O2. The zero-order valence-corrected chi connectivity index (χ0v) is 16.0. The van der Waals surface area contributed by atoms with Crippen molar-refractivity contribution in [1.82, 2.24) is 15.0 Å². The van der Waals surface area contributed by atoms with Crippen LogP contribution in [0, 0.1) is 6.92 Å². The summed E-state index contributed by atoms with van der Waals surface area (Å²) in [7, 11) is 2.03. The van der Waals surface area contributed by atoms with Crippen LogP contribution < -0.4 is 10.2 Å². The predicted octanol–water partition coefficient (Wildman–Crippen LogP) is 3.01. The van der Waals surface area contributed by atoms with Gasteiger partial charge in [-0.15, -0.1) is 0 Å². The first kappa shape index (κ1) is 18.2. The van der Waals surface area contributed by atoms with Gasteiger partial charge in [-0.1, -0.05) is 41.6 Å². The van der Waals surface area contributed by atoms with E-state index in [0.29, 0.717) is 18.1 Å². The third-order valence-electron chi connectivity index (χ3n) is 4.93. The van der Waals surface area contributed by atoms with Crippen LogP contribution in [0.1, 0.15) is 22.9 Å². The zero-order chi connectivity index (χ0) is 19.5. The van der Waals surface area contributed by atoms with Gasteiger partial charge in [0, 0.05) is 44.5 Å². The van der Waals surface area contributed by atoms with Gasteiger partial charge >= 0.3 is 0 Å². The number of benzene rings is 1. The van der Waals surface area contributed by atoms with Crippen molar-refractivity contribution in [2.75, 3.05) is 30.4 Å². The number of carbonyl (C=O) groups excluding carboxylic acids is 1. The van der Waals surface area contributed by atoms with Crippen molar-refractivity contribution in [2.24, 2.45) is 0 Å². The molecule has 7 heteroatoms. The number of anilines is 2. The molecule has 1 unspecified atom stereocenters. The van der Waals surface area contributed by atoms with Crippen molar-refractivity contribution in [2.45, 2.75) is 19.5 Å². The van der Waals surface area contributed by atoms with E-state index in [1.807, 2.05) is 43.4 Å². The van der Waals surface area contributed by atoms with Crippen LogP contribution in [0.4, 0.5) is 11.6 Å². The van der Waals surface area contributed by atoms with Crippen LogP contribution in [0.25, 0.3) is 0 Å². The van der Waals surface area contributed by atoms with Gasteiger partial charge in [-0.3, -0.25) is 9.69 Å². The average Bonchev–Trinajstić information content (AvgIpc) is 3.03. The number of hydrogen-bond acceptors (Lipinski definition) is 6. The number of likely N-dealkylation sites (N-methyl/N-ethyl adjacent to an activating group) is 1. The SMILES string of the molecule is Cc1cc(NC(=O)C(c2ccccc2)N2CCN(C)c3ncccc3C2)no1. The molecule has 3 aromatic rings. The van der Waals surface area contributed by atoms with Crippen molar-refractivity contribution in [1.29, 1.82) is 0 Å². The Bertz CT molecular complexity index is 956. The number of pyridine rings is 1. The standard InChI is InChI=1S/C21H23N5O2/c1-15-13-18(24-28-15)23-21(27)19(16-7-4-3-5-8-16)26-12-11-25(2)20-17(14-26)9-6-10-22-20/h3-10,13,19H,11-12,14H2,1-2H3,(H,23,24,27). The highest BCUT2D eigenvalue weighted by molar-refractivity contribution is 5.94. The minimum atomic E-state index is -0.447. The fourth-order valence-corrected chi connectivity index (χ4v) is 3.58. The molecule has 0 saturated carbocycles. The fraction of sp³-hybridized carbons (Fsp3) is 0.286. The Labute approximate surface area is 164 Å². The molecule has 1 atom stereocenters. The summed E-state index contributed by atoms with van der Waals surface area (Å²) < 4.78 is 5.08. The number of aryl methyl sites for hydroxylation is 1. The molecule has 1 aromatic carbocycles. The summed E-state index contributed by atoms with van der Waals surface area (Å²) in [6, 6.07) is 15.1. The third kappa shape index (κ3) is 3.75. The first-order valence-electron chi connectivity index (χ1n) is 9.30. The summed E-state index contributed by atoms with van der Waals surface area (Å²) >= 11 is 0. The van der Waals surface area contributed by atoms with Gasteiger partial charge < -0.3 is 14.7 Å². The molecule has 1 amide bonds. The van der Waals surface area contributed by atoms with Gasteiger partial charge in [-0.05, 0) is 18.6 Å².